The number of amides is 2. The van der Waals surface area contributed by atoms with Crippen LogP contribution < -0.4 is 10.6 Å². The number of benzene rings is 1. The monoisotopic (exact) mass is 354 g/mol. The van der Waals surface area contributed by atoms with E-state index < -0.39 is 11.4 Å². The van der Waals surface area contributed by atoms with Gasteiger partial charge in [-0.1, -0.05) is 22.4 Å². The van der Waals surface area contributed by atoms with E-state index in [0.29, 0.717) is 18.5 Å². The molecule has 1 saturated carbocycles. The standard InChI is InChI=1S/C15H19BrN2O3/c1-9-8-10(5-6-11(9)16)17-14(21)18-12-4-3-7-15(12,2)13(19)20/h5-6,8,12H,3-4,7H2,1-2H3,(H,19,20)(H2,17,18,21). The zero-order valence-electron chi connectivity index (χ0n) is 12.1. The number of carbonyl (C=O) groups excluding carboxylic acids is 1. The fraction of sp³-hybridized carbons (Fsp3) is 0.467. The number of nitrogens with one attached hydrogen (secondary N) is 2. The van der Waals surface area contributed by atoms with Gasteiger partial charge in [0.2, 0.25) is 0 Å². The molecule has 1 aliphatic rings. The van der Waals surface area contributed by atoms with E-state index in [0.717, 1.165) is 16.5 Å². The largest absolute Gasteiger partial charge is 0.481 e. The van der Waals surface area contributed by atoms with Crippen molar-refractivity contribution in [2.75, 3.05) is 5.32 Å². The molecule has 0 spiro atoms. The highest BCUT2D eigenvalue weighted by atomic mass is 79.9. The van der Waals surface area contributed by atoms with Gasteiger partial charge in [-0.3, -0.25) is 4.79 Å². The number of aryl methyl sites for hydroxylation is 1. The summed E-state index contributed by atoms with van der Waals surface area (Å²) >= 11 is 3.40. The van der Waals surface area contributed by atoms with Crippen LogP contribution in [0.15, 0.2) is 22.7 Å². The molecule has 0 aliphatic heterocycles. The van der Waals surface area contributed by atoms with Crippen molar-refractivity contribution < 1.29 is 14.7 Å². The molecule has 21 heavy (non-hydrogen) atoms. The van der Waals surface area contributed by atoms with Crippen molar-refractivity contribution in [3.05, 3.63) is 28.2 Å². The van der Waals surface area contributed by atoms with Gasteiger partial charge in [-0.15, -0.1) is 0 Å². The van der Waals surface area contributed by atoms with Gasteiger partial charge in [0.25, 0.3) is 0 Å². The number of carbonyl (C=O) groups is 2. The number of hydrogen-bond acceptors (Lipinski definition) is 2. The number of urea groups is 1. The number of carboxylic acid groups (broad SMARTS) is 1. The summed E-state index contributed by atoms with van der Waals surface area (Å²) in [6.45, 7) is 3.63. The van der Waals surface area contributed by atoms with Crippen LogP contribution in [-0.2, 0) is 4.79 Å². The summed E-state index contributed by atoms with van der Waals surface area (Å²) in [5.41, 5.74) is 0.819. The van der Waals surface area contributed by atoms with Crippen LogP contribution >= 0.6 is 15.9 Å². The van der Waals surface area contributed by atoms with E-state index in [4.69, 9.17) is 0 Å². The second kappa shape index (κ2) is 6.05. The molecule has 2 unspecified atom stereocenters. The van der Waals surface area contributed by atoms with Crippen LogP contribution in [0.2, 0.25) is 0 Å². The Morgan fingerprint density at radius 3 is 2.76 bits per heavy atom. The first kappa shape index (κ1) is 15.8. The molecule has 2 atom stereocenters. The first-order chi connectivity index (χ1) is 9.83. The average Bonchev–Trinajstić information content (AvgIpc) is 2.77. The van der Waals surface area contributed by atoms with Gasteiger partial charge in [0.05, 0.1) is 5.41 Å². The molecule has 1 aromatic rings. The van der Waals surface area contributed by atoms with Gasteiger partial charge in [-0.25, -0.2) is 4.79 Å². The van der Waals surface area contributed by atoms with E-state index >= 15 is 0 Å². The molecule has 114 valence electrons. The van der Waals surface area contributed by atoms with Crippen molar-refractivity contribution in [2.24, 2.45) is 5.41 Å². The molecule has 2 rings (SSSR count). The van der Waals surface area contributed by atoms with Crippen molar-refractivity contribution in [1.29, 1.82) is 0 Å². The zero-order chi connectivity index (χ0) is 15.6. The summed E-state index contributed by atoms with van der Waals surface area (Å²) in [4.78, 5) is 23.4. The third kappa shape index (κ3) is 3.37. The second-order valence-electron chi connectivity index (χ2n) is 5.73. The number of anilines is 1. The molecule has 3 N–H and O–H groups in total. The summed E-state index contributed by atoms with van der Waals surface area (Å²) < 4.78 is 0.975. The van der Waals surface area contributed by atoms with Crippen LogP contribution in [-0.4, -0.2) is 23.1 Å². The molecular formula is C15H19BrN2O3. The number of aliphatic carboxylic acids is 1. The third-order valence-corrected chi connectivity index (χ3v) is 5.06. The highest BCUT2D eigenvalue weighted by Gasteiger charge is 2.45. The first-order valence-corrected chi connectivity index (χ1v) is 7.69. The molecule has 0 heterocycles. The Morgan fingerprint density at radius 1 is 1.43 bits per heavy atom. The predicted molar refractivity (Wildman–Crippen MR) is 84.4 cm³/mol. The van der Waals surface area contributed by atoms with Crippen molar-refractivity contribution in [3.8, 4) is 0 Å². The van der Waals surface area contributed by atoms with Crippen molar-refractivity contribution in [1.82, 2.24) is 5.32 Å². The lowest BCUT2D eigenvalue weighted by atomic mass is 9.85. The van der Waals surface area contributed by atoms with Gasteiger partial charge in [0.15, 0.2) is 0 Å². The van der Waals surface area contributed by atoms with Crippen molar-refractivity contribution >= 4 is 33.6 Å². The predicted octanol–water partition coefficient (Wildman–Crippen LogP) is 3.52. The minimum Gasteiger partial charge on any atom is -0.481 e. The van der Waals surface area contributed by atoms with E-state index in [9.17, 15) is 14.7 Å². The maximum absolute atomic E-state index is 12.0. The average molecular weight is 355 g/mol. The molecule has 0 saturated heterocycles. The molecule has 1 aliphatic carbocycles. The highest BCUT2D eigenvalue weighted by Crippen LogP contribution is 2.38. The molecular weight excluding hydrogens is 336 g/mol. The lowest BCUT2D eigenvalue weighted by molar-refractivity contribution is -0.148. The minimum atomic E-state index is -0.882. The Hall–Kier alpha value is -1.56. The fourth-order valence-corrected chi connectivity index (χ4v) is 2.95. The summed E-state index contributed by atoms with van der Waals surface area (Å²) in [6.07, 6.45) is 2.09. The number of halogens is 1. The Balaban J connectivity index is 2.01. The van der Waals surface area contributed by atoms with Gasteiger partial charge in [0.1, 0.15) is 0 Å². The maximum atomic E-state index is 12.0. The van der Waals surface area contributed by atoms with Gasteiger partial charge in [0, 0.05) is 16.2 Å². The number of rotatable bonds is 3. The lowest BCUT2D eigenvalue weighted by Gasteiger charge is -2.27. The van der Waals surface area contributed by atoms with Crippen LogP contribution in [0, 0.1) is 12.3 Å². The quantitative estimate of drug-likeness (QED) is 0.776. The Kier molecular flexibility index (Phi) is 4.56. The molecule has 6 heteroatoms. The van der Waals surface area contributed by atoms with Gasteiger partial charge in [-0.05, 0) is 50.5 Å². The minimum absolute atomic E-state index is 0.341. The van der Waals surface area contributed by atoms with Gasteiger partial charge < -0.3 is 15.7 Å². The zero-order valence-corrected chi connectivity index (χ0v) is 13.7. The molecule has 1 fully saturated rings. The molecule has 1 aromatic carbocycles. The Morgan fingerprint density at radius 2 is 2.14 bits per heavy atom. The number of carboxylic acids is 1. The molecule has 0 bridgehead atoms. The SMILES string of the molecule is Cc1cc(NC(=O)NC2CCCC2(C)C(=O)O)ccc1Br. The van der Waals surface area contributed by atoms with E-state index in [1.807, 2.05) is 19.1 Å². The van der Waals surface area contributed by atoms with Crippen LogP contribution in [0.1, 0.15) is 31.7 Å². The summed E-state index contributed by atoms with van der Waals surface area (Å²) in [6, 6.07) is 4.81. The third-order valence-electron chi connectivity index (χ3n) is 4.17. The second-order valence-corrected chi connectivity index (χ2v) is 6.58. The van der Waals surface area contributed by atoms with Crippen molar-refractivity contribution in [3.63, 3.8) is 0 Å². The first-order valence-electron chi connectivity index (χ1n) is 6.90. The van der Waals surface area contributed by atoms with E-state index in [1.54, 1.807) is 13.0 Å². The summed E-state index contributed by atoms with van der Waals surface area (Å²) in [5, 5.41) is 14.9. The Labute approximate surface area is 132 Å². The smallest absolute Gasteiger partial charge is 0.319 e. The maximum Gasteiger partial charge on any atom is 0.319 e. The van der Waals surface area contributed by atoms with Gasteiger partial charge in [-0.2, -0.15) is 0 Å². The van der Waals surface area contributed by atoms with Crippen LogP contribution in [0.4, 0.5) is 10.5 Å². The normalized spacial score (nSPS) is 24.6. The van der Waals surface area contributed by atoms with Crippen LogP contribution in [0.25, 0.3) is 0 Å². The molecule has 5 nitrogen and oxygen atoms in total. The molecule has 0 aromatic heterocycles. The molecule has 0 radical (unpaired) electrons. The topological polar surface area (TPSA) is 78.4 Å². The van der Waals surface area contributed by atoms with E-state index in [-0.39, 0.29) is 12.1 Å². The van der Waals surface area contributed by atoms with Gasteiger partial charge >= 0.3 is 12.0 Å². The molecule has 2 amide bonds. The summed E-state index contributed by atoms with van der Waals surface area (Å²) in [7, 11) is 0. The van der Waals surface area contributed by atoms with Crippen molar-refractivity contribution in [2.45, 2.75) is 39.2 Å². The fourth-order valence-electron chi connectivity index (χ4n) is 2.70. The lowest BCUT2D eigenvalue weighted by Crippen LogP contribution is -2.48. The Bertz CT molecular complexity index is 576. The summed E-state index contributed by atoms with van der Waals surface area (Å²) in [5.74, 6) is -0.857. The van der Waals surface area contributed by atoms with Crippen LogP contribution in [0.3, 0.4) is 0 Å². The highest BCUT2D eigenvalue weighted by molar-refractivity contribution is 9.10. The van der Waals surface area contributed by atoms with Crippen LogP contribution in [0.5, 0.6) is 0 Å². The van der Waals surface area contributed by atoms with E-state index in [1.165, 1.54) is 0 Å². The number of hydrogen-bond donors (Lipinski definition) is 3. The van der Waals surface area contributed by atoms with E-state index in [2.05, 4.69) is 26.6 Å².